The van der Waals surface area contributed by atoms with Crippen molar-refractivity contribution >= 4 is 17.3 Å². The molecule has 3 heterocycles. The number of carbonyl (C=O) groups is 1. The van der Waals surface area contributed by atoms with Crippen LogP contribution in [0.1, 0.15) is 83.6 Å². The quantitative estimate of drug-likeness (QED) is 0.282. The Hall–Kier alpha value is -2.54. The molecule has 5 rings (SSSR count). The smallest absolute Gasteiger partial charge is 0.320 e. The number of hydrogen-bond donors (Lipinski definition) is 1. The van der Waals surface area contributed by atoms with Crippen LogP contribution >= 0.6 is 11.3 Å². The first-order valence-electron chi connectivity index (χ1n) is 15.2. The average Bonchev–Trinajstić information content (AvgIpc) is 3.56. The van der Waals surface area contributed by atoms with Crippen molar-refractivity contribution in [2.75, 3.05) is 32.7 Å². The van der Waals surface area contributed by atoms with E-state index in [2.05, 4.69) is 85.2 Å². The highest BCUT2D eigenvalue weighted by Gasteiger charge is 2.40. The Morgan fingerprint density at radius 2 is 1.85 bits per heavy atom. The Morgan fingerprint density at radius 3 is 2.52 bits per heavy atom. The van der Waals surface area contributed by atoms with Crippen LogP contribution in [0.2, 0.25) is 0 Å². The summed E-state index contributed by atoms with van der Waals surface area (Å²) in [5, 5.41) is 11.2. The summed E-state index contributed by atoms with van der Waals surface area (Å²) in [6.07, 6.45) is 5.89. The number of rotatable bonds is 11. The van der Waals surface area contributed by atoms with Crippen LogP contribution in [0.5, 0.6) is 0 Å². The monoisotopic (exact) mass is 559 g/mol. The topological polar surface area (TPSA) is 56.7 Å². The van der Waals surface area contributed by atoms with Gasteiger partial charge in [0.25, 0.3) is 0 Å². The molecule has 1 aromatic heterocycles. The van der Waals surface area contributed by atoms with Crippen molar-refractivity contribution in [1.29, 1.82) is 0 Å². The number of aromatic nitrogens is 1. The molecule has 40 heavy (non-hydrogen) atoms. The zero-order valence-corrected chi connectivity index (χ0v) is 25.2. The Labute approximate surface area is 244 Å². The molecular weight excluding hydrogens is 514 g/mol. The van der Waals surface area contributed by atoms with E-state index < -0.39 is 5.97 Å². The molecule has 0 radical (unpaired) electrons. The van der Waals surface area contributed by atoms with Crippen LogP contribution in [-0.4, -0.2) is 64.6 Å². The normalized spacial score (nSPS) is 21.6. The third-order valence-electron chi connectivity index (χ3n) is 8.98. The molecule has 0 aliphatic carbocycles. The van der Waals surface area contributed by atoms with Gasteiger partial charge < -0.3 is 10.0 Å². The third-order valence-corrected chi connectivity index (χ3v) is 10.2. The number of benzene rings is 2. The van der Waals surface area contributed by atoms with Gasteiger partial charge in [-0.1, -0.05) is 80.4 Å². The fraction of sp³-hybridized carbons (Fsp3) is 0.529. The van der Waals surface area contributed by atoms with E-state index in [1.807, 2.05) is 11.3 Å². The van der Waals surface area contributed by atoms with Crippen molar-refractivity contribution in [3.05, 3.63) is 86.9 Å². The lowest BCUT2D eigenvalue weighted by Crippen LogP contribution is -2.41. The average molecular weight is 560 g/mol. The van der Waals surface area contributed by atoms with E-state index in [9.17, 15) is 9.90 Å². The van der Waals surface area contributed by atoms with Gasteiger partial charge in [0.1, 0.15) is 6.04 Å². The maximum Gasteiger partial charge on any atom is 0.320 e. The van der Waals surface area contributed by atoms with Crippen molar-refractivity contribution in [1.82, 2.24) is 14.8 Å². The van der Waals surface area contributed by atoms with Gasteiger partial charge in [-0.05, 0) is 68.7 Å². The van der Waals surface area contributed by atoms with Gasteiger partial charge in [-0.15, -0.1) is 11.3 Å². The highest BCUT2D eigenvalue weighted by Crippen LogP contribution is 2.39. The lowest BCUT2D eigenvalue weighted by atomic mass is 9.86. The minimum atomic E-state index is -0.672. The first kappa shape index (κ1) is 29.0. The Bertz CT molecular complexity index is 1250. The number of hydrogen-bond acceptors (Lipinski definition) is 5. The molecule has 214 valence electrons. The largest absolute Gasteiger partial charge is 0.480 e. The van der Waals surface area contributed by atoms with Crippen molar-refractivity contribution < 1.29 is 9.90 Å². The third kappa shape index (κ3) is 6.84. The summed E-state index contributed by atoms with van der Waals surface area (Å²) < 4.78 is 0. The molecule has 2 aliphatic heterocycles. The number of likely N-dealkylation sites (tertiary alicyclic amines) is 2. The van der Waals surface area contributed by atoms with Crippen LogP contribution in [-0.2, 0) is 17.6 Å². The van der Waals surface area contributed by atoms with Gasteiger partial charge in [-0.3, -0.25) is 9.69 Å². The van der Waals surface area contributed by atoms with Crippen LogP contribution in [0.4, 0.5) is 0 Å². The van der Waals surface area contributed by atoms with Gasteiger partial charge in [0.15, 0.2) is 0 Å². The van der Waals surface area contributed by atoms with E-state index in [4.69, 9.17) is 4.98 Å². The molecule has 1 N–H and O–H groups in total. The maximum absolute atomic E-state index is 12.1. The van der Waals surface area contributed by atoms with Crippen LogP contribution in [0, 0.1) is 12.8 Å². The number of thiazole rings is 1. The molecule has 2 aliphatic rings. The molecule has 0 bridgehead atoms. The molecule has 0 unspecified atom stereocenters. The summed E-state index contributed by atoms with van der Waals surface area (Å²) >= 11 is 1.94. The number of nitrogens with zero attached hydrogens (tertiary/aromatic N) is 3. The van der Waals surface area contributed by atoms with Crippen molar-refractivity contribution in [3.63, 3.8) is 0 Å². The SMILES string of the molecule is CCC[C@H](C(=O)O)N1C[C@H](CN2CCC(c3sc(Cc4ccccc4)nc3CC)CC2)[C@@H](c2cccc(C)c2)C1. The Balaban J connectivity index is 1.25. The van der Waals surface area contributed by atoms with Crippen LogP contribution in [0.25, 0.3) is 0 Å². The van der Waals surface area contributed by atoms with Crippen molar-refractivity contribution in [2.24, 2.45) is 5.92 Å². The zero-order valence-electron chi connectivity index (χ0n) is 24.4. The molecule has 5 nitrogen and oxygen atoms in total. The van der Waals surface area contributed by atoms with E-state index >= 15 is 0 Å². The van der Waals surface area contributed by atoms with Crippen molar-refractivity contribution in [3.8, 4) is 0 Å². The first-order chi connectivity index (χ1) is 19.4. The van der Waals surface area contributed by atoms with E-state index in [0.717, 1.165) is 58.4 Å². The molecule has 0 saturated carbocycles. The highest BCUT2D eigenvalue weighted by atomic mass is 32.1. The lowest BCUT2D eigenvalue weighted by Gasteiger charge is -2.34. The van der Waals surface area contributed by atoms with E-state index in [1.165, 1.54) is 45.1 Å². The fourth-order valence-corrected chi connectivity index (χ4v) is 8.26. The van der Waals surface area contributed by atoms with E-state index in [-0.39, 0.29) is 6.04 Å². The fourth-order valence-electron chi connectivity index (χ4n) is 6.90. The number of aryl methyl sites for hydroxylation is 2. The molecular formula is C34H45N3O2S. The van der Waals surface area contributed by atoms with Crippen LogP contribution < -0.4 is 0 Å². The molecule has 3 atom stereocenters. The molecule has 6 heteroatoms. The van der Waals surface area contributed by atoms with Gasteiger partial charge >= 0.3 is 5.97 Å². The summed E-state index contributed by atoms with van der Waals surface area (Å²) in [6, 6.07) is 19.2. The predicted octanol–water partition coefficient (Wildman–Crippen LogP) is 6.75. The second-order valence-electron chi connectivity index (χ2n) is 11.9. The molecule has 2 saturated heterocycles. The molecule has 2 fully saturated rings. The van der Waals surface area contributed by atoms with Gasteiger partial charge in [0.2, 0.25) is 0 Å². The van der Waals surface area contributed by atoms with Crippen LogP contribution in [0.3, 0.4) is 0 Å². The number of piperidine rings is 1. The summed E-state index contributed by atoms with van der Waals surface area (Å²) in [7, 11) is 0. The number of carboxylic acids is 1. The highest BCUT2D eigenvalue weighted by molar-refractivity contribution is 7.11. The number of carboxylic acid groups (broad SMARTS) is 1. The zero-order chi connectivity index (χ0) is 28.1. The minimum Gasteiger partial charge on any atom is -0.480 e. The van der Waals surface area contributed by atoms with E-state index in [0.29, 0.717) is 17.8 Å². The number of aliphatic carboxylic acids is 1. The molecule has 0 spiro atoms. The van der Waals surface area contributed by atoms with Gasteiger partial charge in [0.05, 0.1) is 10.7 Å². The second kappa shape index (κ2) is 13.4. The Morgan fingerprint density at radius 1 is 1.07 bits per heavy atom. The maximum atomic E-state index is 12.1. The van der Waals surface area contributed by atoms with E-state index in [1.54, 1.807) is 0 Å². The lowest BCUT2D eigenvalue weighted by molar-refractivity contribution is -0.143. The first-order valence-corrected chi connectivity index (χ1v) is 16.0. The second-order valence-corrected chi connectivity index (χ2v) is 13.0. The van der Waals surface area contributed by atoms with Crippen molar-refractivity contribution in [2.45, 2.75) is 77.2 Å². The van der Waals surface area contributed by atoms with Gasteiger partial charge in [-0.2, -0.15) is 0 Å². The predicted molar refractivity (Wildman–Crippen MR) is 164 cm³/mol. The standard InChI is InChI=1S/C34H45N3O2S/c1-4-10-31(34(38)39)37-22-28(29(23-37)27-14-9-11-24(3)19-27)21-36-17-15-26(16-18-36)33-30(5-2)35-32(40-33)20-25-12-7-6-8-13-25/h6-9,11-14,19,26,28-29,31H,4-5,10,15-18,20-23H2,1-3H3,(H,38,39)/t28-,29+,31+/m0/s1. The van der Waals surface area contributed by atoms with Crippen LogP contribution in [0.15, 0.2) is 54.6 Å². The molecule has 0 amide bonds. The van der Waals surface area contributed by atoms with Gasteiger partial charge in [-0.25, -0.2) is 4.98 Å². The van der Waals surface area contributed by atoms with Gasteiger partial charge in [0, 0.05) is 36.9 Å². The summed E-state index contributed by atoms with van der Waals surface area (Å²) in [5.74, 6) is 0.755. The minimum absolute atomic E-state index is 0.378. The summed E-state index contributed by atoms with van der Waals surface area (Å²) in [4.78, 5) is 23.6. The molecule has 2 aromatic carbocycles. The Kier molecular flexibility index (Phi) is 9.72. The molecule has 3 aromatic rings. The summed E-state index contributed by atoms with van der Waals surface area (Å²) in [5.41, 5.74) is 5.28. The summed E-state index contributed by atoms with van der Waals surface area (Å²) in [6.45, 7) is 11.4.